The molecule has 1 fully saturated rings. The third-order valence-corrected chi connectivity index (χ3v) is 3.70. The van der Waals surface area contributed by atoms with Crippen molar-refractivity contribution >= 4 is 11.5 Å². The third kappa shape index (κ3) is 3.76. The monoisotopic (exact) mass is 279 g/mol. The molecule has 1 aromatic heterocycles. The molecule has 0 aliphatic carbocycles. The Bertz CT molecular complexity index is 424. The Morgan fingerprint density at radius 2 is 2.35 bits per heavy atom. The Hall–Kier alpha value is -1.49. The molecule has 3 N–H and O–H groups in total. The summed E-state index contributed by atoms with van der Waals surface area (Å²) in [6, 6.07) is 3.82. The molecule has 112 valence electrons. The van der Waals surface area contributed by atoms with Gasteiger partial charge in [-0.3, -0.25) is 0 Å². The zero-order valence-corrected chi connectivity index (χ0v) is 12.2. The predicted octanol–water partition coefficient (Wildman–Crippen LogP) is 2.05. The lowest BCUT2D eigenvalue weighted by atomic mass is 9.95. The van der Waals surface area contributed by atoms with Crippen LogP contribution in [0.1, 0.15) is 32.6 Å². The first-order valence-electron chi connectivity index (χ1n) is 7.49. The van der Waals surface area contributed by atoms with Crippen LogP contribution in [0, 0.1) is 5.92 Å². The topological polar surface area (TPSA) is 71.6 Å². The van der Waals surface area contributed by atoms with Gasteiger partial charge in [0.25, 0.3) is 0 Å². The number of anilines is 2. The Labute approximate surface area is 120 Å². The molecular weight excluding hydrogens is 254 g/mol. The van der Waals surface area contributed by atoms with Gasteiger partial charge in [-0.05, 0) is 43.7 Å². The second-order valence-electron chi connectivity index (χ2n) is 5.38. The maximum absolute atomic E-state index is 9.08. The summed E-state index contributed by atoms with van der Waals surface area (Å²) in [5, 5.41) is 9.08. The van der Waals surface area contributed by atoms with E-state index in [1.807, 2.05) is 12.1 Å². The largest absolute Gasteiger partial charge is 0.476 e. The van der Waals surface area contributed by atoms with E-state index in [1.54, 1.807) is 0 Å². The van der Waals surface area contributed by atoms with Gasteiger partial charge in [-0.15, -0.1) is 0 Å². The molecule has 1 aliphatic heterocycles. The van der Waals surface area contributed by atoms with E-state index >= 15 is 0 Å². The first-order chi connectivity index (χ1) is 9.74. The first-order valence-corrected chi connectivity index (χ1v) is 7.49. The molecule has 5 heteroatoms. The number of aliphatic hydroxyl groups excluding tert-OH is 1. The lowest BCUT2D eigenvalue weighted by Crippen LogP contribution is -2.36. The van der Waals surface area contributed by atoms with Crippen LogP contribution < -0.4 is 15.4 Å². The van der Waals surface area contributed by atoms with Gasteiger partial charge in [0.2, 0.25) is 5.88 Å². The van der Waals surface area contributed by atoms with Crippen molar-refractivity contribution in [3.63, 3.8) is 0 Å². The van der Waals surface area contributed by atoms with Crippen LogP contribution in [0.2, 0.25) is 0 Å². The molecule has 0 aromatic carbocycles. The minimum atomic E-state index is 0.262. The van der Waals surface area contributed by atoms with Crippen molar-refractivity contribution < 1.29 is 9.84 Å². The van der Waals surface area contributed by atoms with E-state index in [1.165, 1.54) is 6.42 Å². The highest BCUT2D eigenvalue weighted by atomic mass is 16.5. The first kappa shape index (κ1) is 14.9. The lowest BCUT2D eigenvalue weighted by molar-refractivity contribution is 0.244. The van der Waals surface area contributed by atoms with Crippen molar-refractivity contribution in [2.75, 3.05) is 36.9 Å². The molecule has 1 saturated heterocycles. The van der Waals surface area contributed by atoms with Gasteiger partial charge in [0.1, 0.15) is 5.82 Å². The molecule has 5 nitrogen and oxygen atoms in total. The smallest absolute Gasteiger partial charge is 0.239 e. The van der Waals surface area contributed by atoms with Gasteiger partial charge in [0.05, 0.1) is 12.3 Å². The number of rotatable bonds is 6. The molecular formula is C15H25N3O2. The van der Waals surface area contributed by atoms with Crippen molar-refractivity contribution in [3.8, 4) is 5.88 Å². The molecule has 1 aliphatic rings. The summed E-state index contributed by atoms with van der Waals surface area (Å²) < 4.78 is 5.59. The summed E-state index contributed by atoms with van der Waals surface area (Å²) in [6.07, 6.45) is 4.13. The van der Waals surface area contributed by atoms with Gasteiger partial charge >= 0.3 is 0 Å². The number of nitrogens with two attached hydrogens (primary N) is 1. The number of nitrogen functional groups attached to an aromatic ring is 1. The average Bonchev–Trinajstić information content (AvgIpc) is 2.47. The zero-order chi connectivity index (χ0) is 14.4. The van der Waals surface area contributed by atoms with E-state index < -0.39 is 0 Å². The molecule has 0 saturated carbocycles. The van der Waals surface area contributed by atoms with E-state index in [4.69, 9.17) is 15.6 Å². The van der Waals surface area contributed by atoms with Gasteiger partial charge in [-0.25, -0.2) is 0 Å². The van der Waals surface area contributed by atoms with Gasteiger partial charge in [-0.1, -0.05) is 6.92 Å². The summed E-state index contributed by atoms with van der Waals surface area (Å²) in [7, 11) is 0. The molecule has 1 unspecified atom stereocenters. The van der Waals surface area contributed by atoms with Crippen LogP contribution >= 0.6 is 0 Å². The van der Waals surface area contributed by atoms with Crippen LogP contribution in [-0.4, -0.2) is 36.4 Å². The van der Waals surface area contributed by atoms with E-state index in [0.717, 1.165) is 38.2 Å². The van der Waals surface area contributed by atoms with Crippen molar-refractivity contribution in [1.29, 1.82) is 0 Å². The predicted molar refractivity (Wildman–Crippen MR) is 81.1 cm³/mol. The number of hydrogen-bond acceptors (Lipinski definition) is 5. The van der Waals surface area contributed by atoms with Crippen LogP contribution in [0.5, 0.6) is 5.88 Å². The fourth-order valence-corrected chi connectivity index (χ4v) is 2.62. The molecule has 0 spiro atoms. The summed E-state index contributed by atoms with van der Waals surface area (Å²) in [4.78, 5) is 6.81. The standard InChI is InChI=1S/C15H25N3O2/c1-2-10-20-15-13(16)5-6-14(17-15)18-8-3-4-12(11-18)7-9-19/h5-6,12,19H,2-4,7-11,16H2,1H3. The van der Waals surface area contributed by atoms with Gasteiger partial charge in [0.15, 0.2) is 0 Å². The molecule has 2 rings (SSSR count). The lowest BCUT2D eigenvalue weighted by Gasteiger charge is -2.33. The molecule has 1 atom stereocenters. The van der Waals surface area contributed by atoms with Crippen LogP contribution in [0.15, 0.2) is 12.1 Å². The van der Waals surface area contributed by atoms with E-state index in [-0.39, 0.29) is 6.61 Å². The fourth-order valence-electron chi connectivity index (χ4n) is 2.62. The maximum Gasteiger partial charge on any atom is 0.239 e. The van der Waals surface area contributed by atoms with Crippen LogP contribution in [0.3, 0.4) is 0 Å². The van der Waals surface area contributed by atoms with Crippen molar-refractivity contribution in [2.24, 2.45) is 5.92 Å². The summed E-state index contributed by atoms with van der Waals surface area (Å²) in [6.45, 7) is 4.91. The van der Waals surface area contributed by atoms with Crippen molar-refractivity contribution in [1.82, 2.24) is 4.98 Å². The van der Waals surface area contributed by atoms with E-state index in [9.17, 15) is 0 Å². The number of pyridine rings is 1. The Morgan fingerprint density at radius 1 is 1.50 bits per heavy atom. The average molecular weight is 279 g/mol. The highest BCUT2D eigenvalue weighted by Gasteiger charge is 2.21. The Balaban J connectivity index is 2.07. The minimum Gasteiger partial charge on any atom is -0.476 e. The van der Waals surface area contributed by atoms with Crippen molar-refractivity contribution in [2.45, 2.75) is 32.6 Å². The number of hydrogen-bond donors (Lipinski definition) is 2. The summed E-state index contributed by atoms with van der Waals surface area (Å²) in [5.41, 5.74) is 6.48. The maximum atomic E-state index is 9.08. The molecule has 0 radical (unpaired) electrons. The SMILES string of the molecule is CCCOc1nc(N2CCCC(CCO)C2)ccc1N. The number of piperidine rings is 1. The molecule has 1 aromatic rings. The Kier molecular flexibility index (Phi) is 5.47. The Morgan fingerprint density at radius 3 is 3.10 bits per heavy atom. The van der Waals surface area contributed by atoms with Crippen molar-refractivity contribution in [3.05, 3.63) is 12.1 Å². The third-order valence-electron chi connectivity index (χ3n) is 3.70. The van der Waals surface area contributed by atoms with E-state index in [0.29, 0.717) is 24.1 Å². The number of ether oxygens (including phenoxy) is 1. The highest BCUT2D eigenvalue weighted by Crippen LogP contribution is 2.27. The second-order valence-corrected chi connectivity index (χ2v) is 5.38. The second kappa shape index (κ2) is 7.33. The van der Waals surface area contributed by atoms with Gasteiger partial charge < -0.3 is 20.5 Å². The number of aliphatic hydroxyl groups is 1. The highest BCUT2D eigenvalue weighted by molar-refractivity contribution is 5.54. The normalized spacial score (nSPS) is 19.1. The van der Waals surface area contributed by atoms with E-state index in [2.05, 4.69) is 16.8 Å². The molecule has 0 bridgehead atoms. The number of nitrogens with zero attached hydrogens (tertiary/aromatic N) is 2. The molecule has 2 heterocycles. The minimum absolute atomic E-state index is 0.262. The number of aromatic nitrogens is 1. The van der Waals surface area contributed by atoms with Crippen LogP contribution in [0.25, 0.3) is 0 Å². The van der Waals surface area contributed by atoms with Crippen LogP contribution in [-0.2, 0) is 0 Å². The molecule has 0 amide bonds. The molecule has 20 heavy (non-hydrogen) atoms. The zero-order valence-electron chi connectivity index (χ0n) is 12.2. The quantitative estimate of drug-likeness (QED) is 0.834. The summed E-state index contributed by atoms with van der Waals surface area (Å²) >= 11 is 0. The van der Waals surface area contributed by atoms with Gasteiger partial charge in [-0.2, -0.15) is 4.98 Å². The van der Waals surface area contributed by atoms with Gasteiger partial charge in [0, 0.05) is 19.7 Å². The summed E-state index contributed by atoms with van der Waals surface area (Å²) in [5.74, 6) is 2.01. The van der Waals surface area contributed by atoms with Crippen LogP contribution in [0.4, 0.5) is 11.5 Å². The fraction of sp³-hybridized carbons (Fsp3) is 0.667.